The first-order chi connectivity index (χ1) is 12.2. The number of hydrogen-bond donors (Lipinski definition) is 3. The Hall–Kier alpha value is -2.60. The van der Waals surface area contributed by atoms with Gasteiger partial charge in [-0.1, -0.05) is 18.2 Å². The van der Waals surface area contributed by atoms with Crippen LogP contribution in [0.5, 0.6) is 0 Å². The number of nitrogens with two attached hydrogens (primary N) is 1. The molecule has 0 bridgehead atoms. The third-order valence-corrected chi connectivity index (χ3v) is 5.90. The van der Waals surface area contributed by atoms with Crippen molar-refractivity contribution in [2.45, 2.75) is 12.8 Å². The molecule has 1 aromatic carbocycles. The van der Waals surface area contributed by atoms with Crippen LogP contribution in [0.2, 0.25) is 0 Å². The quantitative estimate of drug-likeness (QED) is 0.668. The largest absolute Gasteiger partial charge is 0.365 e. The lowest BCUT2D eigenvalue weighted by atomic mass is 9.73. The monoisotopic (exact) mass is 335 g/mol. The molecule has 6 heteroatoms. The molecule has 0 saturated carbocycles. The molecule has 2 aromatic heterocycles. The maximum atomic E-state index is 11.9. The standard InChI is InChI=1S/C19H21N5O/c20-17(25)13-9-22-18(24-7-5-19(6-8-24)10-21-11-19)15-12-3-1-2-4-14(12)23-16(13)15/h1-4,9,21,23H,5-8,10-11H2,(H2,20,25). The normalized spacial score (nSPS) is 19.4. The molecule has 3 aromatic rings. The highest BCUT2D eigenvalue weighted by molar-refractivity contribution is 6.18. The van der Waals surface area contributed by atoms with E-state index in [2.05, 4.69) is 26.3 Å². The summed E-state index contributed by atoms with van der Waals surface area (Å²) in [5.41, 5.74) is 8.31. The first-order valence-corrected chi connectivity index (χ1v) is 8.82. The number of amides is 1. The van der Waals surface area contributed by atoms with Crippen LogP contribution in [0.4, 0.5) is 5.82 Å². The van der Waals surface area contributed by atoms with Crippen molar-refractivity contribution < 1.29 is 4.79 Å². The summed E-state index contributed by atoms with van der Waals surface area (Å²) in [7, 11) is 0. The molecule has 0 atom stereocenters. The molecule has 2 fully saturated rings. The molecule has 4 N–H and O–H groups in total. The van der Waals surface area contributed by atoms with E-state index in [0.717, 1.165) is 53.8 Å². The number of aromatic amines is 1. The summed E-state index contributed by atoms with van der Waals surface area (Å²) in [6, 6.07) is 8.10. The molecule has 0 unspecified atom stereocenters. The van der Waals surface area contributed by atoms with Crippen molar-refractivity contribution in [1.82, 2.24) is 15.3 Å². The molecule has 2 saturated heterocycles. The lowest BCUT2D eigenvalue weighted by Gasteiger charge is -2.48. The minimum atomic E-state index is -0.450. The summed E-state index contributed by atoms with van der Waals surface area (Å²) in [5, 5.41) is 5.51. The first-order valence-electron chi connectivity index (χ1n) is 8.82. The summed E-state index contributed by atoms with van der Waals surface area (Å²) in [6.07, 6.45) is 3.98. The maximum Gasteiger partial charge on any atom is 0.252 e. The summed E-state index contributed by atoms with van der Waals surface area (Å²) < 4.78 is 0. The van der Waals surface area contributed by atoms with Gasteiger partial charge in [0, 0.05) is 43.3 Å². The van der Waals surface area contributed by atoms with Gasteiger partial charge in [-0.05, 0) is 24.3 Å². The number of pyridine rings is 1. The number of para-hydroxylation sites is 1. The van der Waals surface area contributed by atoms with Gasteiger partial charge in [-0.25, -0.2) is 4.98 Å². The van der Waals surface area contributed by atoms with E-state index in [1.165, 1.54) is 12.8 Å². The van der Waals surface area contributed by atoms with Crippen molar-refractivity contribution in [1.29, 1.82) is 0 Å². The Morgan fingerprint density at radius 2 is 1.96 bits per heavy atom. The zero-order valence-corrected chi connectivity index (χ0v) is 14.0. The van der Waals surface area contributed by atoms with E-state index in [1.54, 1.807) is 6.20 Å². The Kier molecular flexibility index (Phi) is 3.06. The van der Waals surface area contributed by atoms with Gasteiger partial charge < -0.3 is 20.9 Å². The molecule has 0 radical (unpaired) electrons. The van der Waals surface area contributed by atoms with Crippen LogP contribution in [-0.4, -0.2) is 42.1 Å². The van der Waals surface area contributed by atoms with E-state index < -0.39 is 5.91 Å². The van der Waals surface area contributed by atoms with E-state index >= 15 is 0 Å². The number of carbonyl (C=O) groups excluding carboxylic acids is 1. The van der Waals surface area contributed by atoms with Crippen LogP contribution in [-0.2, 0) is 0 Å². The van der Waals surface area contributed by atoms with E-state index in [4.69, 9.17) is 5.73 Å². The molecular weight excluding hydrogens is 314 g/mol. The van der Waals surface area contributed by atoms with Gasteiger partial charge in [-0.2, -0.15) is 0 Å². The topological polar surface area (TPSA) is 87.0 Å². The highest BCUT2D eigenvalue weighted by atomic mass is 16.1. The van der Waals surface area contributed by atoms with Gasteiger partial charge >= 0.3 is 0 Å². The fourth-order valence-corrected chi connectivity index (χ4v) is 4.28. The fourth-order valence-electron chi connectivity index (χ4n) is 4.28. The van der Waals surface area contributed by atoms with Crippen molar-refractivity contribution in [2.75, 3.05) is 31.1 Å². The average molecular weight is 335 g/mol. The lowest BCUT2D eigenvalue weighted by molar-refractivity contribution is 0.100. The van der Waals surface area contributed by atoms with Gasteiger partial charge in [0.05, 0.1) is 16.5 Å². The van der Waals surface area contributed by atoms with Gasteiger partial charge in [-0.3, -0.25) is 4.79 Å². The number of hydrogen-bond acceptors (Lipinski definition) is 4. The minimum Gasteiger partial charge on any atom is -0.365 e. The second-order valence-corrected chi connectivity index (χ2v) is 7.37. The molecule has 128 valence electrons. The maximum absolute atomic E-state index is 11.9. The summed E-state index contributed by atoms with van der Waals surface area (Å²) in [4.78, 5) is 22.2. The molecule has 2 aliphatic rings. The Morgan fingerprint density at radius 1 is 1.20 bits per heavy atom. The first kappa shape index (κ1) is 14.7. The minimum absolute atomic E-state index is 0.450. The Bertz CT molecular complexity index is 978. The highest BCUT2D eigenvalue weighted by Crippen LogP contribution is 2.39. The molecule has 4 heterocycles. The number of aromatic nitrogens is 2. The number of carbonyl (C=O) groups is 1. The smallest absolute Gasteiger partial charge is 0.252 e. The van der Waals surface area contributed by atoms with Crippen molar-refractivity contribution >= 4 is 33.5 Å². The fraction of sp³-hybridized carbons (Fsp3) is 0.368. The van der Waals surface area contributed by atoms with Crippen molar-refractivity contribution in [3.8, 4) is 0 Å². The van der Waals surface area contributed by atoms with Crippen LogP contribution in [0.1, 0.15) is 23.2 Å². The zero-order chi connectivity index (χ0) is 17.0. The van der Waals surface area contributed by atoms with Gasteiger partial charge in [0.25, 0.3) is 5.91 Å². The summed E-state index contributed by atoms with van der Waals surface area (Å²) in [6.45, 7) is 4.27. The van der Waals surface area contributed by atoms with Crippen LogP contribution in [0.15, 0.2) is 30.5 Å². The van der Waals surface area contributed by atoms with Crippen molar-refractivity contribution in [3.05, 3.63) is 36.0 Å². The van der Waals surface area contributed by atoms with E-state index in [-0.39, 0.29) is 0 Å². The number of rotatable bonds is 2. The Labute approximate surface area is 145 Å². The van der Waals surface area contributed by atoms with Gasteiger partial charge in [-0.15, -0.1) is 0 Å². The molecule has 1 amide bonds. The lowest BCUT2D eigenvalue weighted by Crippen LogP contribution is -2.58. The van der Waals surface area contributed by atoms with Crippen molar-refractivity contribution in [2.24, 2.45) is 11.1 Å². The predicted octanol–water partition coefficient (Wildman–Crippen LogP) is 2.00. The number of nitrogens with one attached hydrogen (secondary N) is 2. The van der Waals surface area contributed by atoms with Gasteiger partial charge in [0.1, 0.15) is 5.82 Å². The van der Waals surface area contributed by atoms with Crippen LogP contribution < -0.4 is 16.0 Å². The van der Waals surface area contributed by atoms with E-state index in [0.29, 0.717) is 11.0 Å². The van der Waals surface area contributed by atoms with Crippen LogP contribution in [0.25, 0.3) is 21.8 Å². The zero-order valence-electron chi connectivity index (χ0n) is 14.0. The van der Waals surface area contributed by atoms with Crippen LogP contribution >= 0.6 is 0 Å². The Balaban J connectivity index is 1.65. The second-order valence-electron chi connectivity index (χ2n) is 7.37. The predicted molar refractivity (Wildman–Crippen MR) is 98.9 cm³/mol. The highest BCUT2D eigenvalue weighted by Gasteiger charge is 2.40. The second kappa shape index (κ2) is 5.20. The van der Waals surface area contributed by atoms with Crippen LogP contribution in [0.3, 0.4) is 0 Å². The number of H-pyrrole nitrogens is 1. The third-order valence-electron chi connectivity index (χ3n) is 5.90. The third kappa shape index (κ3) is 2.14. The number of piperidine rings is 1. The molecular formula is C19H21N5O. The number of fused-ring (bicyclic) bond motifs is 3. The molecule has 0 aliphatic carbocycles. The molecule has 25 heavy (non-hydrogen) atoms. The number of primary amides is 1. The van der Waals surface area contributed by atoms with Gasteiger partial charge in [0.2, 0.25) is 0 Å². The summed E-state index contributed by atoms with van der Waals surface area (Å²) >= 11 is 0. The average Bonchev–Trinajstić information content (AvgIpc) is 2.99. The van der Waals surface area contributed by atoms with Crippen molar-refractivity contribution in [3.63, 3.8) is 0 Å². The van der Waals surface area contributed by atoms with Crippen LogP contribution in [0, 0.1) is 5.41 Å². The SMILES string of the molecule is NC(=O)c1cnc(N2CCC3(CC2)CNC3)c2c1[nH]c1ccccc12. The number of nitrogens with zero attached hydrogens (tertiary/aromatic N) is 2. The Morgan fingerprint density at radius 3 is 2.64 bits per heavy atom. The van der Waals surface area contributed by atoms with E-state index in [9.17, 15) is 4.79 Å². The number of benzene rings is 1. The van der Waals surface area contributed by atoms with Gasteiger partial charge in [0.15, 0.2) is 0 Å². The summed E-state index contributed by atoms with van der Waals surface area (Å²) in [5.74, 6) is 0.508. The number of anilines is 1. The molecule has 6 nitrogen and oxygen atoms in total. The molecule has 1 spiro atoms. The molecule has 5 rings (SSSR count). The van der Waals surface area contributed by atoms with E-state index in [1.807, 2.05) is 18.2 Å². The molecule has 2 aliphatic heterocycles.